The maximum absolute atomic E-state index is 12.7. The smallest absolute Gasteiger partial charge is 0.414 e. The zero-order valence-corrected chi connectivity index (χ0v) is 16.7. The number of carbonyl (C=O) groups excluding carboxylic acids is 2. The minimum atomic E-state index is -1.82. The maximum Gasteiger partial charge on any atom is 0.414 e. The summed E-state index contributed by atoms with van der Waals surface area (Å²) >= 11 is 0. The highest BCUT2D eigenvalue weighted by atomic mass is 16.5. The van der Waals surface area contributed by atoms with E-state index < -0.39 is 11.9 Å². The molecule has 3 saturated heterocycles. The van der Waals surface area contributed by atoms with Crippen LogP contribution in [0.25, 0.3) is 0 Å². The highest BCUT2D eigenvalue weighted by Crippen LogP contribution is 2.35. The minimum Gasteiger partial charge on any atom is -0.473 e. The fraction of sp³-hybridized carbons (Fsp3) is 0.550. The first kappa shape index (κ1) is 21.7. The van der Waals surface area contributed by atoms with E-state index >= 15 is 0 Å². The van der Waals surface area contributed by atoms with Crippen LogP contribution in [0, 0.1) is 12.8 Å². The fourth-order valence-electron chi connectivity index (χ4n) is 4.23. The number of carboxylic acids is 2. The predicted molar refractivity (Wildman–Crippen MR) is 102 cm³/mol. The van der Waals surface area contributed by atoms with Crippen molar-refractivity contribution >= 4 is 23.8 Å². The van der Waals surface area contributed by atoms with E-state index in [0.29, 0.717) is 26.2 Å². The molecule has 3 aliphatic heterocycles. The number of aryl methyl sites for hydroxylation is 1. The highest BCUT2D eigenvalue weighted by Gasteiger charge is 2.49. The quantitative estimate of drug-likeness (QED) is 0.667. The molecule has 1 unspecified atom stereocenters. The molecule has 10 nitrogen and oxygen atoms in total. The minimum absolute atomic E-state index is 0.0219. The SMILES string of the molecule is Cc1cccc(CN2C(=O)C[C@H]3[C@@H]2CCN3C(=O)C2CCOC2)n1.O=C(O)C(=O)O. The third-order valence-electron chi connectivity index (χ3n) is 5.64. The topological polar surface area (TPSA) is 137 Å². The second-order valence-corrected chi connectivity index (χ2v) is 7.62. The van der Waals surface area contributed by atoms with E-state index in [1.54, 1.807) is 0 Å². The van der Waals surface area contributed by atoms with Gasteiger partial charge in [-0.1, -0.05) is 6.07 Å². The van der Waals surface area contributed by atoms with Crippen molar-refractivity contribution in [2.75, 3.05) is 19.8 Å². The van der Waals surface area contributed by atoms with Gasteiger partial charge in [0.1, 0.15) is 0 Å². The molecule has 3 atom stereocenters. The van der Waals surface area contributed by atoms with Gasteiger partial charge in [-0.15, -0.1) is 0 Å². The molecule has 2 N–H and O–H groups in total. The number of fused-ring (bicyclic) bond motifs is 1. The molecule has 0 spiro atoms. The molecule has 162 valence electrons. The number of rotatable bonds is 3. The van der Waals surface area contributed by atoms with E-state index in [1.165, 1.54) is 0 Å². The third kappa shape index (κ3) is 4.76. The number of aromatic nitrogens is 1. The summed E-state index contributed by atoms with van der Waals surface area (Å²) in [4.78, 5) is 51.8. The molecule has 4 heterocycles. The van der Waals surface area contributed by atoms with Crippen LogP contribution < -0.4 is 0 Å². The molecule has 0 aromatic carbocycles. The molecule has 0 bridgehead atoms. The van der Waals surface area contributed by atoms with Gasteiger partial charge >= 0.3 is 11.9 Å². The monoisotopic (exact) mass is 419 g/mol. The highest BCUT2D eigenvalue weighted by molar-refractivity contribution is 6.27. The van der Waals surface area contributed by atoms with Gasteiger partial charge in [-0.3, -0.25) is 14.6 Å². The normalized spacial score (nSPS) is 25.0. The van der Waals surface area contributed by atoms with Crippen molar-refractivity contribution in [2.24, 2.45) is 5.92 Å². The number of carbonyl (C=O) groups is 4. The molecule has 30 heavy (non-hydrogen) atoms. The van der Waals surface area contributed by atoms with E-state index in [0.717, 1.165) is 30.8 Å². The second-order valence-electron chi connectivity index (χ2n) is 7.62. The number of likely N-dealkylation sites (tertiary alicyclic amines) is 2. The Morgan fingerprint density at radius 3 is 2.50 bits per heavy atom. The summed E-state index contributed by atoms with van der Waals surface area (Å²) in [6.45, 7) is 4.43. The predicted octanol–water partition coefficient (Wildman–Crippen LogP) is 0.284. The molecule has 0 aliphatic carbocycles. The summed E-state index contributed by atoms with van der Waals surface area (Å²) in [7, 11) is 0. The summed E-state index contributed by atoms with van der Waals surface area (Å²) in [5, 5.41) is 14.8. The Balaban J connectivity index is 0.000000377. The number of carboxylic acid groups (broad SMARTS) is 2. The Morgan fingerprint density at radius 1 is 1.17 bits per heavy atom. The van der Waals surface area contributed by atoms with Gasteiger partial charge in [0.15, 0.2) is 0 Å². The van der Waals surface area contributed by atoms with Crippen LogP contribution >= 0.6 is 0 Å². The van der Waals surface area contributed by atoms with Crippen molar-refractivity contribution in [2.45, 2.75) is 44.8 Å². The van der Waals surface area contributed by atoms with E-state index in [4.69, 9.17) is 24.5 Å². The van der Waals surface area contributed by atoms with Crippen molar-refractivity contribution in [3.05, 3.63) is 29.6 Å². The summed E-state index contributed by atoms with van der Waals surface area (Å²) in [6, 6.07) is 6.04. The van der Waals surface area contributed by atoms with Crippen molar-refractivity contribution in [1.82, 2.24) is 14.8 Å². The summed E-state index contributed by atoms with van der Waals surface area (Å²) < 4.78 is 5.35. The van der Waals surface area contributed by atoms with Gasteiger partial charge in [0.25, 0.3) is 0 Å². The van der Waals surface area contributed by atoms with E-state index in [9.17, 15) is 9.59 Å². The summed E-state index contributed by atoms with van der Waals surface area (Å²) in [5.74, 6) is -3.37. The number of pyridine rings is 1. The average Bonchev–Trinajstić information content (AvgIpc) is 3.41. The molecular weight excluding hydrogens is 394 g/mol. The molecule has 3 fully saturated rings. The zero-order valence-electron chi connectivity index (χ0n) is 16.7. The Labute approximate surface area is 173 Å². The van der Waals surface area contributed by atoms with Crippen molar-refractivity contribution in [3.63, 3.8) is 0 Å². The number of aliphatic carboxylic acids is 2. The van der Waals surface area contributed by atoms with Crippen LogP contribution in [0.5, 0.6) is 0 Å². The molecule has 3 aliphatic rings. The lowest BCUT2D eigenvalue weighted by Crippen LogP contribution is -2.42. The third-order valence-corrected chi connectivity index (χ3v) is 5.64. The van der Waals surface area contributed by atoms with Gasteiger partial charge in [0.2, 0.25) is 11.8 Å². The van der Waals surface area contributed by atoms with Crippen LogP contribution in [0.3, 0.4) is 0 Å². The summed E-state index contributed by atoms with van der Waals surface area (Å²) in [5.41, 5.74) is 1.87. The largest absolute Gasteiger partial charge is 0.473 e. The van der Waals surface area contributed by atoms with E-state index in [2.05, 4.69) is 4.98 Å². The van der Waals surface area contributed by atoms with Crippen LogP contribution in [0.2, 0.25) is 0 Å². The maximum atomic E-state index is 12.7. The number of nitrogens with zero attached hydrogens (tertiary/aromatic N) is 3. The summed E-state index contributed by atoms with van der Waals surface area (Å²) in [6.07, 6.45) is 2.11. The lowest BCUT2D eigenvalue weighted by molar-refractivity contribution is -0.159. The van der Waals surface area contributed by atoms with Gasteiger partial charge in [-0.05, 0) is 31.9 Å². The first-order valence-corrected chi connectivity index (χ1v) is 9.84. The molecule has 10 heteroatoms. The first-order valence-electron chi connectivity index (χ1n) is 9.84. The van der Waals surface area contributed by atoms with Crippen molar-refractivity contribution in [3.8, 4) is 0 Å². The molecule has 2 amide bonds. The second kappa shape index (κ2) is 9.21. The van der Waals surface area contributed by atoms with Crippen LogP contribution in [-0.2, 0) is 30.5 Å². The van der Waals surface area contributed by atoms with Crippen LogP contribution in [0.4, 0.5) is 0 Å². The number of hydrogen-bond acceptors (Lipinski definition) is 6. The Morgan fingerprint density at radius 2 is 1.90 bits per heavy atom. The molecule has 0 radical (unpaired) electrons. The average molecular weight is 419 g/mol. The van der Waals surface area contributed by atoms with Crippen molar-refractivity contribution in [1.29, 1.82) is 0 Å². The molecular formula is C20H25N3O7. The van der Waals surface area contributed by atoms with Gasteiger partial charge in [-0.2, -0.15) is 0 Å². The van der Waals surface area contributed by atoms with Gasteiger partial charge < -0.3 is 24.7 Å². The molecule has 1 aromatic rings. The Hall–Kier alpha value is -3.01. The molecule has 4 rings (SSSR count). The molecule has 1 aromatic heterocycles. The Kier molecular flexibility index (Phi) is 6.66. The fourth-order valence-corrected chi connectivity index (χ4v) is 4.23. The lowest BCUT2D eigenvalue weighted by Gasteiger charge is -2.26. The van der Waals surface area contributed by atoms with Gasteiger partial charge in [0, 0.05) is 25.3 Å². The standard InChI is InChI=1S/C18H23N3O3.C2H2O4/c1-12-3-2-4-14(19-12)10-21-15-5-7-20(16(15)9-17(21)22)18(23)13-6-8-24-11-13;3-1(4)2(5)6/h2-4,13,15-16H,5-11H2,1H3;(H,3,4)(H,5,6)/t13?,15-,16-;/m0./s1. The lowest BCUT2D eigenvalue weighted by atomic mass is 10.1. The number of ether oxygens (including phenoxy) is 1. The molecule has 0 saturated carbocycles. The Bertz CT molecular complexity index is 825. The van der Waals surface area contributed by atoms with Gasteiger partial charge in [-0.25, -0.2) is 9.59 Å². The van der Waals surface area contributed by atoms with Crippen molar-refractivity contribution < 1.29 is 34.1 Å². The van der Waals surface area contributed by atoms with Crippen LogP contribution in [-0.4, -0.2) is 80.6 Å². The van der Waals surface area contributed by atoms with Gasteiger partial charge in [0.05, 0.1) is 36.8 Å². The van der Waals surface area contributed by atoms with Crippen LogP contribution in [0.1, 0.15) is 30.7 Å². The first-order chi connectivity index (χ1) is 14.3. The number of amides is 2. The van der Waals surface area contributed by atoms with E-state index in [1.807, 2.05) is 34.9 Å². The number of hydrogen-bond donors (Lipinski definition) is 2. The zero-order chi connectivity index (χ0) is 21.8. The van der Waals surface area contributed by atoms with E-state index in [-0.39, 0.29) is 29.8 Å². The van der Waals surface area contributed by atoms with Crippen LogP contribution in [0.15, 0.2) is 18.2 Å².